The molecule has 3 heterocycles. The number of ether oxygens (including phenoxy) is 2. The summed E-state index contributed by atoms with van der Waals surface area (Å²) in [6.07, 6.45) is 4.28. The van der Waals surface area contributed by atoms with Crippen molar-refractivity contribution in [3.8, 4) is 11.5 Å². The number of benzene rings is 2. The number of hydrogen-bond acceptors (Lipinski definition) is 5. The Morgan fingerprint density at radius 2 is 1.84 bits per heavy atom. The highest BCUT2D eigenvalue weighted by molar-refractivity contribution is 6.09. The maximum absolute atomic E-state index is 13.0. The van der Waals surface area contributed by atoms with E-state index in [-0.39, 0.29) is 17.5 Å². The minimum Gasteiger partial charge on any atom is -0.486 e. The number of H-pyrrole nitrogens is 1. The molecule has 3 aromatic rings. The van der Waals surface area contributed by atoms with Gasteiger partial charge in [0.1, 0.15) is 13.2 Å². The minimum atomic E-state index is -0.0240. The second kappa shape index (κ2) is 8.79. The van der Waals surface area contributed by atoms with E-state index < -0.39 is 0 Å². The Kier molecular flexibility index (Phi) is 5.70. The predicted octanol–water partition coefficient (Wildman–Crippen LogP) is 4.28. The first-order valence-corrected chi connectivity index (χ1v) is 11.4. The van der Waals surface area contributed by atoms with Crippen molar-refractivity contribution in [1.29, 1.82) is 0 Å². The van der Waals surface area contributed by atoms with Crippen LogP contribution in [-0.2, 0) is 6.42 Å². The summed E-state index contributed by atoms with van der Waals surface area (Å²) in [7, 11) is 0. The minimum absolute atomic E-state index is 0.0240. The summed E-state index contributed by atoms with van der Waals surface area (Å²) in [6.45, 7) is 5.04. The highest BCUT2D eigenvalue weighted by Gasteiger charge is 2.28. The van der Waals surface area contributed by atoms with Gasteiger partial charge in [0.15, 0.2) is 23.1 Å². The number of nitrogens with zero attached hydrogens (tertiary/aromatic N) is 1. The second-order valence-electron chi connectivity index (χ2n) is 8.59. The Labute approximate surface area is 187 Å². The van der Waals surface area contributed by atoms with Crippen molar-refractivity contribution in [3.05, 3.63) is 59.3 Å². The molecule has 0 atom stereocenters. The number of hydrogen-bond donors (Lipinski definition) is 1. The fraction of sp³-hybridized carbons (Fsp3) is 0.385. The summed E-state index contributed by atoms with van der Waals surface area (Å²) < 4.78 is 11.2. The summed E-state index contributed by atoms with van der Waals surface area (Å²) in [5.41, 5.74) is 3.71. The highest BCUT2D eigenvalue weighted by Crippen LogP contribution is 2.32. The molecule has 5 rings (SSSR count). The number of Topliss-reactive ketones (excluding diaryl/α,β-unsaturated/α-hetero) is 2. The van der Waals surface area contributed by atoms with Crippen LogP contribution in [0.15, 0.2) is 42.6 Å². The number of carbonyl (C=O) groups is 2. The number of nitrogens with one attached hydrogen (secondary N) is 1. The van der Waals surface area contributed by atoms with Crippen molar-refractivity contribution in [1.82, 2.24) is 9.88 Å². The lowest BCUT2D eigenvalue weighted by Crippen LogP contribution is -2.39. The largest absolute Gasteiger partial charge is 0.486 e. The number of aromatic amines is 1. The van der Waals surface area contributed by atoms with E-state index in [4.69, 9.17) is 9.47 Å². The molecule has 32 heavy (non-hydrogen) atoms. The average molecular weight is 433 g/mol. The zero-order valence-electron chi connectivity index (χ0n) is 18.4. The van der Waals surface area contributed by atoms with Gasteiger partial charge in [-0.15, -0.1) is 0 Å². The van der Waals surface area contributed by atoms with Gasteiger partial charge in [-0.1, -0.05) is 25.1 Å². The Hall–Kier alpha value is -3.12. The molecule has 1 aromatic heterocycles. The number of piperidine rings is 1. The van der Waals surface area contributed by atoms with Gasteiger partial charge in [-0.3, -0.25) is 14.5 Å². The maximum atomic E-state index is 13.0. The number of fused-ring (bicyclic) bond motifs is 2. The lowest BCUT2D eigenvalue weighted by atomic mass is 9.88. The molecule has 6 nitrogen and oxygen atoms in total. The smallest absolute Gasteiger partial charge is 0.178 e. The van der Waals surface area contributed by atoms with Gasteiger partial charge >= 0.3 is 0 Å². The van der Waals surface area contributed by atoms with Crippen LogP contribution in [0.1, 0.15) is 46.0 Å². The molecule has 0 aliphatic carbocycles. The number of aryl methyl sites for hydroxylation is 1. The zero-order valence-corrected chi connectivity index (χ0v) is 18.4. The average Bonchev–Trinajstić information content (AvgIpc) is 3.28. The summed E-state index contributed by atoms with van der Waals surface area (Å²) >= 11 is 0. The third kappa shape index (κ3) is 3.91. The van der Waals surface area contributed by atoms with Crippen LogP contribution < -0.4 is 9.47 Å². The quantitative estimate of drug-likeness (QED) is 0.589. The molecule has 1 fully saturated rings. The van der Waals surface area contributed by atoms with E-state index in [1.807, 2.05) is 30.5 Å². The summed E-state index contributed by atoms with van der Waals surface area (Å²) in [4.78, 5) is 31.5. The molecule has 166 valence electrons. The van der Waals surface area contributed by atoms with E-state index in [0.29, 0.717) is 36.8 Å². The highest BCUT2D eigenvalue weighted by atomic mass is 16.6. The number of para-hydroxylation sites is 1. The van der Waals surface area contributed by atoms with Crippen molar-refractivity contribution in [3.63, 3.8) is 0 Å². The van der Waals surface area contributed by atoms with E-state index in [1.165, 1.54) is 5.56 Å². The number of rotatable bonds is 6. The molecule has 6 heteroatoms. The van der Waals surface area contributed by atoms with Crippen molar-refractivity contribution >= 4 is 22.5 Å². The van der Waals surface area contributed by atoms with E-state index in [0.717, 1.165) is 48.8 Å². The third-order valence-electron chi connectivity index (χ3n) is 6.64. The standard InChI is InChI=1S/C26H28N2O4/c1-2-17-4-3-5-20-21(15-27-25(17)20)22(29)16-28-10-8-18(9-11-28)26(30)19-6-7-23-24(14-19)32-13-12-31-23/h3-7,14-15,18,27H,2,8-13,16H2,1H3. The van der Waals surface area contributed by atoms with Gasteiger partial charge < -0.3 is 14.5 Å². The van der Waals surface area contributed by atoms with Crippen molar-refractivity contribution in [2.24, 2.45) is 5.92 Å². The normalized spacial score (nSPS) is 16.9. The third-order valence-corrected chi connectivity index (χ3v) is 6.64. The van der Waals surface area contributed by atoms with Crippen LogP contribution in [0, 0.1) is 5.92 Å². The predicted molar refractivity (Wildman–Crippen MR) is 123 cm³/mol. The molecule has 0 radical (unpaired) electrons. The first kappa shape index (κ1) is 20.8. The molecule has 0 saturated carbocycles. The summed E-state index contributed by atoms with van der Waals surface area (Å²) in [5, 5.41) is 0.998. The molecular formula is C26H28N2O4. The zero-order chi connectivity index (χ0) is 22.1. The molecule has 0 spiro atoms. The SMILES string of the molecule is CCc1cccc2c(C(=O)CN3CCC(C(=O)c4ccc5c(c4)OCCO5)CC3)c[nH]c12. The molecule has 0 unspecified atom stereocenters. The van der Waals surface area contributed by atoms with Gasteiger partial charge in [-0.2, -0.15) is 0 Å². The van der Waals surface area contributed by atoms with Crippen LogP contribution in [0.4, 0.5) is 0 Å². The molecule has 1 saturated heterocycles. The molecule has 2 aliphatic rings. The van der Waals surface area contributed by atoms with Crippen molar-refractivity contribution < 1.29 is 19.1 Å². The lowest BCUT2D eigenvalue weighted by Gasteiger charge is -2.30. The topological polar surface area (TPSA) is 71.6 Å². The van der Waals surface area contributed by atoms with Gasteiger partial charge in [-0.05, 0) is 56.1 Å². The fourth-order valence-corrected chi connectivity index (χ4v) is 4.82. The Morgan fingerprint density at radius 1 is 1.06 bits per heavy atom. The number of carbonyl (C=O) groups excluding carboxylic acids is 2. The van der Waals surface area contributed by atoms with Crippen LogP contribution in [0.25, 0.3) is 10.9 Å². The Bertz CT molecular complexity index is 1160. The fourth-order valence-electron chi connectivity index (χ4n) is 4.82. The molecule has 0 bridgehead atoms. The lowest BCUT2D eigenvalue weighted by molar-refractivity contribution is 0.0805. The van der Waals surface area contributed by atoms with E-state index in [9.17, 15) is 9.59 Å². The molecule has 2 aromatic carbocycles. The van der Waals surface area contributed by atoms with Crippen molar-refractivity contribution in [2.45, 2.75) is 26.2 Å². The van der Waals surface area contributed by atoms with Crippen molar-refractivity contribution in [2.75, 3.05) is 32.8 Å². The van der Waals surface area contributed by atoms with Crippen LogP contribution in [0.2, 0.25) is 0 Å². The Balaban J connectivity index is 1.21. The maximum Gasteiger partial charge on any atom is 0.178 e. The number of ketones is 2. The molecular weight excluding hydrogens is 404 g/mol. The van der Waals surface area contributed by atoms with Crippen LogP contribution in [0.3, 0.4) is 0 Å². The summed E-state index contributed by atoms with van der Waals surface area (Å²) in [5.74, 6) is 1.60. The van der Waals surface area contributed by atoms with E-state index in [1.54, 1.807) is 6.07 Å². The summed E-state index contributed by atoms with van der Waals surface area (Å²) in [6, 6.07) is 11.6. The molecule has 0 amide bonds. The van der Waals surface area contributed by atoms with Gasteiger partial charge in [0.05, 0.1) is 6.54 Å². The molecule has 1 N–H and O–H groups in total. The first-order chi connectivity index (χ1) is 15.6. The van der Waals surface area contributed by atoms with Gasteiger partial charge in [-0.25, -0.2) is 0 Å². The van der Waals surface area contributed by atoms with E-state index in [2.05, 4.69) is 22.9 Å². The van der Waals surface area contributed by atoms with Crippen LogP contribution in [0.5, 0.6) is 11.5 Å². The number of aromatic nitrogens is 1. The Morgan fingerprint density at radius 3 is 2.62 bits per heavy atom. The van der Waals surface area contributed by atoms with E-state index >= 15 is 0 Å². The number of likely N-dealkylation sites (tertiary alicyclic amines) is 1. The first-order valence-electron chi connectivity index (χ1n) is 11.4. The van der Waals surface area contributed by atoms with Gasteiger partial charge in [0.2, 0.25) is 0 Å². The van der Waals surface area contributed by atoms with Gasteiger partial charge in [0, 0.05) is 34.1 Å². The molecule has 2 aliphatic heterocycles. The second-order valence-corrected chi connectivity index (χ2v) is 8.59. The van der Waals surface area contributed by atoms with Crippen LogP contribution >= 0.6 is 0 Å². The monoisotopic (exact) mass is 432 g/mol. The van der Waals surface area contributed by atoms with Crippen LogP contribution in [-0.4, -0.2) is 54.3 Å². The van der Waals surface area contributed by atoms with Gasteiger partial charge in [0.25, 0.3) is 0 Å².